The van der Waals surface area contributed by atoms with Crippen molar-refractivity contribution in [1.82, 2.24) is 5.32 Å². The van der Waals surface area contributed by atoms with Crippen LogP contribution in [0.1, 0.15) is 65.7 Å². The molecule has 0 saturated heterocycles. The number of hydrogen-bond donors (Lipinski definition) is 3. The summed E-state index contributed by atoms with van der Waals surface area (Å²) in [5.74, 6) is -1.71. The van der Waals surface area contributed by atoms with E-state index in [9.17, 15) is 24.0 Å². The zero-order chi connectivity index (χ0) is 28.7. The quantitative estimate of drug-likeness (QED) is 0.300. The number of anilines is 2. The van der Waals surface area contributed by atoms with E-state index in [-0.39, 0.29) is 28.1 Å². The van der Waals surface area contributed by atoms with Crippen molar-refractivity contribution in [2.45, 2.75) is 40.2 Å². The zero-order valence-corrected chi connectivity index (χ0v) is 22.2. The molecule has 202 valence electrons. The van der Waals surface area contributed by atoms with Crippen LogP contribution >= 0.6 is 0 Å². The van der Waals surface area contributed by atoms with Crippen LogP contribution in [0.3, 0.4) is 0 Å². The summed E-state index contributed by atoms with van der Waals surface area (Å²) in [6.07, 6.45) is 0. The summed E-state index contributed by atoms with van der Waals surface area (Å²) < 4.78 is 9.97. The molecule has 3 N–H and O–H groups in total. The van der Waals surface area contributed by atoms with E-state index in [1.807, 2.05) is 20.8 Å². The van der Waals surface area contributed by atoms with Crippen LogP contribution in [0.5, 0.6) is 11.5 Å². The summed E-state index contributed by atoms with van der Waals surface area (Å²) in [6.45, 7) is 8.05. The number of rotatable bonds is 7. The molecule has 0 aliphatic carbocycles. The lowest BCUT2D eigenvalue weighted by Crippen LogP contribution is -2.40. The molecule has 0 aliphatic rings. The van der Waals surface area contributed by atoms with Gasteiger partial charge in [0.15, 0.2) is 0 Å². The van der Waals surface area contributed by atoms with Crippen molar-refractivity contribution in [3.8, 4) is 11.5 Å². The second-order valence-electron chi connectivity index (χ2n) is 9.65. The molecular formula is C29H29N3O7. The molecule has 0 aliphatic heterocycles. The molecule has 10 heteroatoms. The minimum atomic E-state index is -0.521. The van der Waals surface area contributed by atoms with Gasteiger partial charge in [0.2, 0.25) is 0 Å². The summed E-state index contributed by atoms with van der Waals surface area (Å²) in [5, 5.41) is 8.31. The van der Waals surface area contributed by atoms with Gasteiger partial charge in [-0.2, -0.15) is 0 Å². The van der Waals surface area contributed by atoms with Crippen LogP contribution < -0.4 is 25.4 Å². The van der Waals surface area contributed by atoms with Gasteiger partial charge >= 0.3 is 11.9 Å². The lowest BCUT2D eigenvalue weighted by atomic mass is 10.1. The fourth-order valence-corrected chi connectivity index (χ4v) is 3.40. The Kier molecular flexibility index (Phi) is 8.82. The second-order valence-corrected chi connectivity index (χ2v) is 9.65. The molecule has 39 heavy (non-hydrogen) atoms. The van der Waals surface area contributed by atoms with E-state index in [1.54, 1.807) is 0 Å². The Morgan fingerprint density at radius 3 is 1.28 bits per heavy atom. The molecule has 3 amide bonds. The lowest BCUT2D eigenvalue weighted by molar-refractivity contribution is -0.132. The number of hydrogen-bond acceptors (Lipinski definition) is 7. The third-order valence-corrected chi connectivity index (χ3v) is 4.96. The first-order valence-corrected chi connectivity index (χ1v) is 12.0. The van der Waals surface area contributed by atoms with Gasteiger partial charge in [0.1, 0.15) is 11.5 Å². The highest BCUT2D eigenvalue weighted by Gasteiger charge is 2.18. The van der Waals surface area contributed by atoms with Gasteiger partial charge in [0, 0.05) is 47.5 Å². The summed E-state index contributed by atoms with van der Waals surface area (Å²) in [6, 6.07) is 16.4. The molecule has 0 aromatic heterocycles. The molecular weight excluding hydrogens is 502 g/mol. The first kappa shape index (κ1) is 28.6. The fraction of sp³-hybridized carbons (Fsp3) is 0.207. The Balaban J connectivity index is 1.85. The fourth-order valence-electron chi connectivity index (χ4n) is 3.40. The molecule has 10 nitrogen and oxygen atoms in total. The molecule has 3 rings (SSSR count). The van der Waals surface area contributed by atoms with E-state index in [2.05, 4.69) is 16.0 Å². The van der Waals surface area contributed by atoms with Gasteiger partial charge in [-0.1, -0.05) is 0 Å². The highest BCUT2D eigenvalue weighted by Crippen LogP contribution is 2.23. The summed E-state index contributed by atoms with van der Waals surface area (Å²) in [4.78, 5) is 60.9. The van der Waals surface area contributed by atoms with Gasteiger partial charge in [-0.3, -0.25) is 24.0 Å². The third kappa shape index (κ3) is 8.81. The number of benzene rings is 3. The van der Waals surface area contributed by atoms with Crippen molar-refractivity contribution < 1.29 is 33.4 Å². The smallest absolute Gasteiger partial charge is 0.308 e. The van der Waals surface area contributed by atoms with Gasteiger partial charge in [0.25, 0.3) is 17.7 Å². The standard InChI is InChI=1S/C29H29N3O7/c1-17(33)38-24-10-6-19(7-11-24)26(35)30-22-14-21(28(37)32-29(3,4)5)15-23(16-22)31-27(36)20-8-12-25(13-9-20)39-18(2)34/h6-16H,1-5H3,(H,30,35)(H,31,36)(H,32,37). The minimum Gasteiger partial charge on any atom is -0.427 e. The molecule has 3 aromatic carbocycles. The molecule has 3 aromatic rings. The van der Waals surface area contributed by atoms with Gasteiger partial charge in [-0.15, -0.1) is 0 Å². The molecule has 0 fully saturated rings. The summed E-state index contributed by atoms with van der Waals surface area (Å²) in [7, 11) is 0. The van der Waals surface area contributed by atoms with Gasteiger partial charge in [-0.05, 0) is 87.5 Å². The van der Waals surface area contributed by atoms with Crippen LogP contribution in [0.25, 0.3) is 0 Å². The van der Waals surface area contributed by atoms with Gasteiger partial charge in [0.05, 0.1) is 0 Å². The Bertz CT molecular complexity index is 1310. The lowest BCUT2D eigenvalue weighted by Gasteiger charge is -2.21. The van der Waals surface area contributed by atoms with Gasteiger partial charge < -0.3 is 25.4 Å². The molecule has 0 radical (unpaired) electrons. The predicted octanol–water partition coefficient (Wildman–Crippen LogP) is 4.57. The Morgan fingerprint density at radius 2 is 0.949 bits per heavy atom. The van der Waals surface area contributed by atoms with Crippen LogP contribution in [-0.2, 0) is 9.59 Å². The number of amides is 3. The van der Waals surface area contributed by atoms with Crippen molar-refractivity contribution in [1.29, 1.82) is 0 Å². The van der Waals surface area contributed by atoms with Crippen molar-refractivity contribution in [3.63, 3.8) is 0 Å². The number of esters is 2. The normalized spacial score (nSPS) is 10.7. The monoisotopic (exact) mass is 531 g/mol. The average Bonchev–Trinajstić information content (AvgIpc) is 2.83. The number of carbonyl (C=O) groups is 5. The summed E-state index contributed by atoms with van der Waals surface area (Å²) >= 11 is 0. The van der Waals surface area contributed by atoms with Crippen molar-refractivity contribution in [2.75, 3.05) is 10.6 Å². The van der Waals surface area contributed by atoms with E-state index in [0.29, 0.717) is 11.5 Å². The number of ether oxygens (including phenoxy) is 2. The maximum Gasteiger partial charge on any atom is 0.308 e. The first-order chi connectivity index (χ1) is 18.3. The predicted molar refractivity (Wildman–Crippen MR) is 145 cm³/mol. The molecule has 0 bridgehead atoms. The molecule has 0 heterocycles. The third-order valence-electron chi connectivity index (χ3n) is 4.96. The Morgan fingerprint density at radius 1 is 0.564 bits per heavy atom. The summed E-state index contributed by atoms with van der Waals surface area (Å²) in [5.41, 5.74) is 0.807. The van der Waals surface area contributed by atoms with Crippen molar-refractivity contribution in [3.05, 3.63) is 83.4 Å². The Hall–Kier alpha value is -4.99. The number of nitrogens with one attached hydrogen (secondary N) is 3. The maximum absolute atomic E-state index is 12.9. The largest absolute Gasteiger partial charge is 0.427 e. The van der Waals surface area contributed by atoms with E-state index in [1.165, 1.54) is 80.6 Å². The molecule has 0 unspecified atom stereocenters. The first-order valence-electron chi connectivity index (χ1n) is 12.0. The SMILES string of the molecule is CC(=O)Oc1ccc(C(=O)Nc2cc(NC(=O)c3ccc(OC(C)=O)cc3)cc(C(=O)NC(C)(C)C)c2)cc1. The van der Waals surface area contributed by atoms with Crippen molar-refractivity contribution in [2.24, 2.45) is 0 Å². The van der Waals surface area contributed by atoms with Crippen molar-refractivity contribution >= 4 is 41.0 Å². The van der Waals surface area contributed by atoms with Gasteiger partial charge in [-0.25, -0.2) is 0 Å². The highest BCUT2D eigenvalue weighted by atomic mass is 16.5. The zero-order valence-electron chi connectivity index (χ0n) is 22.2. The minimum absolute atomic E-state index is 0.216. The Labute approximate surface area is 225 Å². The number of carbonyl (C=O) groups excluding carboxylic acids is 5. The van der Waals surface area contributed by atoms with E-state index >= 15 is 0 Å². The van der Waals surface area contributed by atoms with Crippen LogP contribution in [-0.4, -0.2) is 35.2 Å². The highest BCUT2D eigenvalue weighted by molar-refractivity contribution is 6.08. The van der Waals surface area contributed by atoms with Crippen LogP contribution in [0.4, 0.5) is 11.4 Å². The van der Waals surface area contributed by atoms with Crippen LogP contribution in [0.15, 0.2) is 66.7 Å². The maximum atomic E-state index is 12.9. The topological polar surface area (TPSA) is 140 Å². The van der Waals surface area contributed by atoms with E-state index in [0.717, 1.165) is 0 Å². The molecule has 0 atom stereocenters. The molecule has 0 saturated carbocycles. The van der Waals surface area contributed by atoms with Crippen LogP contribution in [0, 0.1) is 0 Å². The van der Waals surface area contributed by atoms with E-state index < -0.39 is 35.2 Å². The van der Waals surface area contributed by atoms with E-state index in [4.69, 9.17) is 9.47 Å². The second kappa shape index (κ2) is 12.0. The molecule has 0 spiro atoms. The van der Waals surface area contributed by atoms with Crippen LogP contribution in [0.2, 0.25) is 0 Å². The average molecular weight is 532 g/mol.